The van der Waals surface area contributed by atoms with Crippen molar-refractivity contribution in [1.29, 1.82) is 0 Å². The van der Waals surface area contributed by atoms with E-state index in [0.717, 1.165) is 31.2 Å². The molecule has 0 unspecified atom stereocenters. The molecule has 1 aliphatic carbocycles. The van der Waals surface area contributed by atoms with Gasteiger partial charge in [0.1, 0.15) is 5.00 Å². The van der Waals surface area contributed by atoms with Crippen LogP contribution in [0.1, 0.15) is 78.7 Å². The second kappa shape index (κ2) is 7.85. The molecule has 1 aliphatic rings. The van der Waals surface area contributed by atoms with Gasteiger partial charge in [-0.15, -0.1) is 11.3 Å². The van der Waals surface area contributed by atoms with Crippen molar-refractivity contribution in [2.75, 3.05) is 5.32 Å². The molecule has 1 saturated carbocycles. The Morgan fingerprint density at radius 2 is 1.70 bits per heavy atom. The summed E-state index contributed by atoms with van der Waals surface area (Å²) in [5.41, 5.74) is 1.96. The fourth-order valence-corrected chi connectivity index (χ4v) is 5.05. The Balaban J connectivity index is 1.78. The molecule has 1 aromatic carbocycles. The van der Waals surface area contributed by atoms with E-state index in [1.807, 2.05) is 11.4 Å². The van der Waals surface area contributed by atoms with Gasteiger partial charge < -0.3 is 10.4 Å². The number of carbonyl (C=O) groups is 2. The largest absolute Gasteiger partial charge is 0.478 e. The minimum atomic E-state index is -0.965. The zero-order valence-electron chi connectivity index (χ0n) is 16.1. The average Bonchev–Trinajstić information content (AvgIpc) is 3.05. The van der Waals surface area contributed by atoms with Crippen LogP contribution >= 0.6 is 11.3 Å². The minimum Gasteiger partial charge on any atom is -0.478 e. The molecule has 0 aliphatic heterocycles. The van der Waals surface area contributed by atoms with Crippen LogP contribution < -0.4 is 5.32 Å². The summed E-state index contributed by atoms with van der Waals surface area (Å²) in [5, 5.41) is 14.9. The van der Waals surface area contributed by atoms with Gasteiger partial charge in [0.25, 0.3) is 5.91 Å². The Morgan fingerprint density at radius 1 is 1.07 bits per heavy atom. The lowest BCUT2D eigenvalue weighted by molar-refractivity contribution is 0.0695. The van der Waals surface area contributed by atoms with Crippen molar-refractivity contribution in [1.82, 2.24) is 0 Å². The zero-order chi connectivity index (χ0) is 19.6. The number of anilines is 1. The second-order valence-corrected chi connectivity index (χ2v) is 9.31. The van der Waals surface area contributed by atoms with Crippen LogP contribution in [0.5, 0.6) is 0 Å². The number of aromatic carboxylic acids is 1. The Hall–Kier alpha value is -2.14. The average molecular weight is 386 g/mol. The predicted molar refractivity (Wildman–Crippen MR) is 110 cm³/mol. The smallest absolute Gasteiger partial charge is 0.339 e. The van der Waals surface area contributed by atoms with Gasteiger partial charge in [-0.25, -0.2) is 4.79 Å². The molecule has 0 bridgehead atoms. The molecule has 3 rings (SSSR count). The van der Waals surface area contributed by atoms with E-state index in [1.54, 1.807) is 24.3 Å². The SMILES string of the molecule is CC(C)(C)[C@H]1CC[C@@H](c2csc(NC(=O)c3ccccc3)c2C(=O)O)CC1. The number of amides is 1. The van der Waals surface area contributed by atoms with Gasteiger partial charge in [0, 0.05) is 5.56 Å². The molecule has 27 heavy (non-hydrogen) atoms. The van der Waals surface area contributed by atoms with Gasteiger partial charge in [-0.3, -0.25) is 4.79 Å². The predicted octanol–water partition coefficient (Wildman–Crippen LogP) is 6.02. The summed E-state index contributed by atoms with van der Waals surface area (Å²) in [7, 11) is 0. The third kappa shape index (κ3) is 4.41. The van der Waals surface area contributed by atoms with Crippen molar-refractivity contribution >= 4 is 28.2 Å². The Kier molecular flexibility index (Phi) is 5.70. The summed E-state index contributed by atoms with van der Waals surface area (Å²) in [6.07, 6.45) is 4.25. The molecular formula is C22H27NO3S. The van der Waals surface area contributed by atoms with Crippen LogP contribution in [-0.2, 0) is 0 Å². The van der Waals surface area contributed by atoms with E-state index in [-0.39, 0.29) is 17.4 Å². The van der Waals surface area contributed by atoms with Crippen LogP contribution in [0.15, 0.2) is 35.7 Å². The van der Waals surface area contributed by atoms with E-state index in [2.05, 4.69) is 26.1 Å². The quantitative estimate of drug-likeness (QED) is 0.676. The molecule has 0 spiro atoms. The third-order valence-corrected chi connectivity index (χ3v) is 6.60. The summed E-state index contributed by atoms with van der Waals surface area (Å²) in [6, 6.07) is 8.87. The first kappa shape index (κ1) is 19.6. The van der Waals surface area contributed by atoms with Crippen LogP contribution in [0.25, 0.3) is 0 Å². The van der Waals surface area contributed by atoms with Crippen molar-refractivity contribution in [2.24, 2.45) is 11.3 Å². The van der Waals surface area contributed by atoms with E-state index in [1.165, 1.54) is 11.3 Å². The van der Waals surface area contributed by atoms with Gasteiger partial charge >= 0.3 is 5.97 Å². The molecule has 2 N–H and O–H groups in total. The molecule has 0 atom stereocenters. The highest BCUT2D eigenvalue weighted by atomic mass is 32.1. The summed E-state index contributed by atoms with van der Waals surface area (Å²) in [5.74, 6) is -0.304. The third-order valence-electron chi connectivity index (χ3n) is 5.69. The van der Waals surface area contributed by atoms with Gasteiger partial charge in [-0.1, -0.05) is 39.0 Å². The number of rotatable bonds is 4. The van der Waals surface area contributed by atoms with Crippen LogP contribution in [-0.4, -0.2) is 17.0 Å². The van der Waals surface area contributed by atoms with Crippen LogP contribution in [0.2, 0.25) is 0 Å². The molecule has 1 aromatic heterocycles. The molecule has 5 heteroatoms. The number of thiophene rings is 1. The number of carboxylic acids is 1. The molecule has 1 heterocycles. The maximum Gasteiger partial charge on any atom is 0.339 e. The molecule has 1 fully saturated rings. The van der Waals surface area contributed by atoms with Crippen molar-refractivity contribution in [3.8, 4) is 0 Å². The fourth-order valence-electron chi connectivity index (χ4n) is 4.02. The van der Waals surface area contributed by atoms with E-state index in [0.29, 0.717) is 21.9 Å². The molecule has 144 valence electrons. The number of hydrogen-bond acceptors (Lipinski definition) is 3. The lowest BCUT2D eigenvalue weighted by atomic mass is 9.68. The Bertz CT molecular complexity index is 812. The monoisotopic (exact) mass is 385 g/mol. The fraction of sp³-hybridized carbons (Fsp3) is 0.455. The topological polar surface area (TPSA) is 66.4 Å². The summed E-state index contributed by atoms with van der Waals surface area (Å²) >= 11 is 1.31. The zero-order valence-corrected chi connectivity index (χ0v) is 16.9. The summed E-state index contributed by atoms with van der Waals surface area (Å²) in [6.45, 7) is 6.84. The molecule has 0 radical (unpaired) electrons. The lowest BCUT2D eigenvalue weighted by Gasteiger charge is -2.37. The number of carbonyl (C=O) groups excluding carboxylic acids is 1. The molecule has 4 nitrogen and oxygen atoms in total. The highest BCUT2D eigenvalue weighted by Crippen LogP contribution is 2.46. The highest BCUT2D eigenvalue weighted by molar-refractivity contribution is 7.15. The second-order valence-electron chi connectivity index (χ2n) is 8.44. The van der Waals surface area contributed by atoms with Gasteiger partial charge in [-0.05, 0) is 66.0 Å². The standard InChI is InChI=1S/C22H27NO3S/c1-22(2,3)16-11-9-14(10-12-16)17-13-27-20(18(17)21(25)26)23-19(24)15-7-5-4-6-8-15/h4-8,13-14,16H,9-12H2,1-3H3,(H,23,24)(H,25,26)/t14-,16+. The number of nitrogens with one attached hydrogen (secondary N) is 1. The van der Waals surface area contributed by atoms with E-state index in [9.17, 15) is 14.7 Å². The highest BCUT2D eigenvalue weighted by Gasteiger charge is 2.33. The number of benzene rings is 1. The van der Waals surface area contributed by atoms with E-state index < -0.39 is 5.97 Å². The van der Waals surface area contributed by atoms with E-state index in [4.69, 9.17) is 0 Å². The Morgan fingerprint density at radius 3 is 2.26 bits per heavy atom. The van der Waals surface area contributed by atoms with Crippen LogP contribution in [0.3, 0.4) is 0 Å². The maximum atomic E-state index is 12.4. The summed E-state index contributed by atoms with van der Waals surface area (Å²) < 4.78 is 0. The van der Waals surface area contributed by atoms with Crippen molar-refractivity contribution < 1.29 is 14.7 Å². The van der Waals surface area contributed by atoms with Gasteiger partial charge in [0.05, 0.1) is 5.56 Å². The molecule has 1 amide bonds. The maximum absolute atomic E-state index is 12.4. The Labute approximate surface area is 164 Å². The van der Waals surface area contributed by atoms with Crippen molar-refractivity contribution in [3.05, 3.63) is 52.4 Å². The summed E-state index contributed by atoms with van der Waals surface area (Å²) in [4.78, 5) is 24.4. The molecule has 0 saturated heterocycles. The first-order valence-electron chi connectivity index (χ1n) is 9.48. The van der Waals surface area contributed by atoms with Crippen molar-refractivity contribution in [3.63, 3.8) is 0 Å². The first-order valence-corrected chi connectivity index (χ1v) is 10.4. The van der Waals surface area contributed by atoms with Gasteiger partial charge in [0.15, 0.2) is 0 Å². The molecular weight excluding hydrogens is 358 g/mol. The normalized spacial score (nSPS) is 20.3. The van der Waals surface area contributed by atoms with Crippen LogP contribution in [0, 0.1) is 11.3 Å². The van der Waals surface area contributed by atoms with Crippen LogP contribution in [0.4, 0.5) is 5.00 Å². The number of carboxylic acid groups (broad SMARTS) is 1. The lowest BCUT2D eigenvalue weighted by Crippen LogP contribution is -2.25. The molecule has 2 aromatic rings. The minimum absolute atomic E-state index is 0.258. The van der Waals surface area contributed by atoms with Gasteiger partial charge in [-0.2, -0.15) is 0 Å². The number of hydrogen-bond donors (Lipinski definition) is 2. The van der Waals surface area contributed by atoms with E-state index >= 15 is 0 Å². The van der Waals surface area contributed by atoms with Crippen molar-refractivity contribution in [2.45, 2.75) is 52.4 Å². The van der Waals surface area contributed by atoms with Gasteiger partial charge in [0.2, 0.25) is 0 Å². The first-order chi connectivity index (χ1) is 12.8.